The zero-order valence-corrected chi connectivity index (χ0v) is 12.0. The van der Waals surface area contributed by atoms with Gasteiger partial charge in [-0.3, -0.25) is 0 Å². The fourth-order valence-corrected chi connectivity index (χ4v) is 2.90. The smallest absolute Gasteiger partial charge is 0.294 e. The lowest BCUT2D eigenvalue weighted by molar-refractivity contribution is -0.0722. The maximum Gasteiger partial charge on any atom is 0.294 e. The maximum absolute atomic E-state index is 5.89. The maximum atomic E-state index is 5.89. The quantitative estimate of drug-likeness (QED) is 0.887. The second-order valence-corrected chi connectivity index (χ2v) is 5.74. The molecule has 0 saturated carbocycles. The van der Waals surface area contributed by atoms with Crippen molar-refractivity contribution in [3.8, 4) is 5.19 Å². The van der Waals surface area contributed by atoms with Gasteiger partial charge in [0.1, 0.15) is 11.1 Å². The summed E-state index contributed by atoms with van der Waals surface area (Å²) in [7, 11) is 0. The molecule has 0 aliphatic carbocycles. The number of hydrogen-bond acceptors (Lipinski definition) is 6. The fourth-order valence-electron chi connectivity index (χ4n) is 2.17. The highest BCUT2D eigenvalue weighted by atomic mass is 32.1. The van der Waals surface area contributed by atoms with E-state index in [1.165, 1.54) is 11.3 Å². The van der Waals surface area contributed by atoms with Crippen LogP contribution >= 0.6 is 11.3 Å². The second kappa shape index (κ2) is 6.45. The number of nitrogens with one attached hydrogen (secondary N) is 1. The largest absolute Gasteiger partial charge is 0.465 e. The molecule has 1 fully saturated rings. The van der Waals surface area contributed by atoms with Gasteiger partial charge in [-0.15, -0.1) is 5.10 Å². The lowest BCUT2D eigenvalue weighted by Gasteiger charge is -2.31. The summed E-state index contributed by atoms with van der Waals surface area (Å²) in [5.74, 6) is 0. The number of rotatable bonds is 5. The van der Waals surface area contributed by atoms with E-state index in [4.69, 9.17) is 9.47 Å². The molecular weight excluding hydrogens is 250 g/mol. The van der Waals surface area contributed by atoms with Crippen molar-refractivity contribution in [3.63, 3.8) is 0 Å². The Morgan fingerprint density at radius 1 is 1.33 bits per heavy atom. The predicted molar refractivity (Wildman–Crippen MR) is 70.9 cm³/mol. The van der Waals surface area contributed by atoms with Crippen molar-refractivity contribution in [2.75, 3.05) is 6.54 Å². The van der Waals surface area contributed by atoms with Crippen LogP contribution in [0, 0.1) is 0 Å². The van der Waals surface area contributed by atoms with Gasteiger partial charge in [-0.1, -0.05) is 23.4 Å². The van der Waals surface area contributed by atoms with Gasteiger partial charge in [0.25, 0.3) is 5.19 Å². The van der Waals surface area contributed by atoms with E-state index in [0.29, 0.717) is 5.19 Å². The van der Waals surface area contributed by atoms with Crippen LogP contribution in [0.3, 0.4) is 0 Å². The Balaban J connectivity index is 1.86. The van der Waals surface area contributed by atoms with Crippen molar-refractivity contribution in [2.24, 2.45) is 0 Å². The Morgan fingerprint density at radius 3 is 2.72 bits per heavy atom. The third-order valence-electron chi connectivity index (χ3n) is 2.90. The zero-order valence-electron chi connectivity index (χ0n) is 11.2. The van der Waals surface area contributed by atoms with Gasteiger partial charge >= 0.3 is 0 Å². The van der Waals surface area contributed by atoms with E-state index in [0.717, 1.165) is 30.9 Å². The van der Waals surface area contributed by atoms with E-state index in [-0.39, 0.29) is 18.3 Å². The Hall–Kier alpha value is -0.720. The molecule has 1 saturated heterocycles. The summed E-state index contributed by atoms with van der Waals surface area (Å²) in [5, 5.41) is 13.1. The molecule has 1 aromatic rings. The molecule has 1 aliphatic rings. The monoisotopic (exact) mass is 271 g/mol. The van der Waals surface area contributed by atoms with Crippen LogP contribution in [0.2, 0.25) is 0 Å². The standard InChI is InChI=1S/C12H21N3O2S/c1-4-13-7-11-14-15-12(18-11)17-10-5-8(2)16-9(3)6-10/h8-10,13H,4-7H2,1-3H3. The van der Waals surface area contributed by atoms with Gasteiger partial charge in [-0.05, 0) is 20.4 Å². The molecule has 1 N–H and O–H groups in total. The molecule has 1 aromatic heterocycles. The topological polar surface area (TPSA) is 56.3 Å². The SMILES string of the molecule is CCNCc1nnc(OC2CC(C)OC(C)C2)s1. The van der Waals surface area contributed by atoms with Gasteiger partial charge in [0.15, 0.2) is 0 Å². The summed E-state index contributed by atoms with van der Waals surface area (Å²) in [6.07, 6.45) is 2.56. The van der Waals surface area contributed by atoms with Crippen molar-refractivity contribution in [1.29, 1.82) is 0 Å². The summed E-state index contributed by atoms with van der Waals surface area (Å²) < 4.78 is 11.6. The average Bonchev–Trinajstić information content (AvgIpc) is 2.72. The molecule has 2 atom stereocenters. The van der Waals surface area contributed by atoms with Crippen molar-refractivity contribution >= 4 is 11.3 Å². The molecule has 102 valence electrons. The summed E-state index contributed by atoms with van der Waals surface area (Å²) >= 11 is 1.52. The van der Waals surface area contributed by atoms with Gasteiger partial charge < -0.3 is 14.8 Å². The van der Waals surface area contributed by atoms with E-state index in [2.05, 4.69) is 36.3 Å². The predicted octanol–water partition coefficient (Wildman–Crippen LogP) is 1.98. The van der Waals surface area contributed by atoms with Gasteiger partial charge in [-0.2, -0.15) is 0 Å². The van der Waals surface area contributed by atoms with Gasteiger partial charge in [-0.25, -0.2) is 0 Å². The van der Waals surface area contributed by atoms with Crippen LogP contribution in [0.1, 0.15) is 38.6 Å². The molecule has 6 heteroatoms. The van der Waals surface area contributed by atoms with Crippen LogP contribution in [0.15, 0.2) is 0 Å². The highest BCUT2D eigenvalue weighted by molar-refractivity contribution is 7.13. The number of aromatic nitrogens is 2. The first kappa shape index (κ1) is 13.7. The van der Waals surface area contributed by atoms with Crippen LogP contribution in [0.25, 0.3) is 0 Å². The molecule has 0 bridgehead atoms. The first-order valence-corrected chi connectivity index (χ1v) is 7.34. The third kappa shape index (κ3) is 3.90. The molecule has 2 heterocycles. The zero-order chi connectivity index (χ0) is 13.0. The van der Waals surface area contributed by atoms with Crippen LogP contribution < -0.4 is 10.1 Å². The molecule has 0 spiro atoms. The van der Waals surface area contributed by atoms with Gasteiger partial charge in [0.2, 0.25) is 0 Å². The normalized spacial score (nSPS) is 28.3. The molecular formula is C12H21N3O2S. The Morgan fingerprint density at radius 2 is 2.06 bits per heavy atom. The molecule has 0 amide bonds. The number of hydrogen-bond donors (Lipinski definition) is 1. The highest BCUT2D eigenvalue weighted by Gasteiger charge is 2.26. The van der Waals surface area contributed by atoms with E-state index >= 15 is 0 Å². The van der Waals surface area contributed by atoms with Crippen molar-refractivity contribution in [1.82, 2.24) is 15.5 Å². The average molecular weight is 271 g/mol. The van der Waals surface area contributed by atoms with Crippen LogP contribution in [0.5, 0.6) is 5.19 Å². The van der Waals surface area contributed by atoms with Crippen molar-refractivity contribution < 1.29 is 9.47 Å². The molecule has 5 nitrogen and oxygen atoms in total. The minimum Gasteiger partial charge on any atom is -0.465 e. The van der Waals surface area contributed by atoms with Crippen LogP contribution in [-0.2, 0) is 11.3 Å². The van der Waals surface area contributed by atoms with Gasteiger partial charge in [0.05, 0.1) is 12.2 Å². The molecule has 2 unspecified atom stereocenters. The Labute approximate surface area is 112 Å². The number of ether oxygens (including phenoxy) is 2. The molecule has 0 aromatic carbocycles. The second-order valence-electron chi connectivity index (χ2n) is 4.71. The van der Waals surface area contributed by atoms with Gasteiger partial charge in [0, 0.05) is 19.4 Å². The summed E-state index contributed by atoms with van der Waals surface area (Å²) in [4.78, 5) is 0. The van der Waals surface area contributed by atoms with E-state index in [9.17, 15) is 0 Å². The minimum atomic E-state index is 0.198. The van der Waals surface area contributed by atoms with E-state index < -0.39 is 0 Å². The lowest BCUT2D eigenvalue weighted by atomic mass is 10.0. The van der Waals surface area contributed by atoms with E-state index in [1.807, 2.05) is 0 Å². The van der Waals surface area contributed by atoms with Crippen LogP contribution in [0.4, 0.5) is 0 Å². The first-order chi connectivity index (χ1) is 8.67. The molecule has 18 heavy (non-hydrogen) atoms. The van der Waals surface area contributed by atoms with Crippen molar-refractivity contribution in [3.05, 3.63) is 5.01 Å². The third-order valence-corrected chi connectivity index (χ3v) is 3.71. The van der Waals surface area contributed by atoms with Crippen molar-refractivity contribution in [2.45, 2.75) is 58.5 Å². The molecule has 2 rings (SSSR count). The fraction of sp³-hybridized carbons (Fsp3) is 0.833. The van der Waals surface area contributed by atoms with E-state index in [1.54, 1.807) is 0 Å². The Bertz CT molecular complexity index is 362. The molecule has 0 radical (unpaired) electrons. The Kier molecular flexibility index (Phi) is 4.91. The summed E-state index contributed by atoms with van der Waals surface area (Å²) in [6.45, 7) is 7.94. The summed E-state index contributed by atoms with van der Waals surface area (Å²) in [5.41, 5.74) is 0. The first-order valence-electron chi connectivity index (χ1n) is 6.52. The number of nitrogens with zero attached hydrogens (tertiary/aromatic N) is 2. The summed E-state index contributed by atoms with van der Waals surface area (Å²) in [6, 6.07) is 0. The molecule has 1 aliphatic heterocycles. The van der Waals surface area contributed by atoms with Crippen LogP contribution in [-0.4, -0.2) is 35.1 Å². The minimum absolute atomic E-state index is 0.198. The highest BCUT2D eigenvalue weighted by Crippen LogP contribution is 2.26. The lowest BCUT2D eigenvalue weighted by Crippen LogP contribution is -2.35.